The Morgan fingerprint density at radius 1 is 0.818 bits per heavy atom. The van der Waals surface area contributed by atoms with Crippen molar-refractivity contribution in [2.45, 2.75) is 24.1 Å². The molecule has 0 aromatic heterocycles. The molecule has 0 fully saturated rings. The number of carbonyl (C=O) groups excluding carboxylic acids is 1. The molecule has 2 aromatic rings. The van der Waals surface area contributed by atoms with E-state index in [2.05, 4.69) is 0 Å². The number of amides is 1. The van der Waals surface area contributed by atoms with Gasteiger partial charge in [0, 0.05) is 18.8 Å². The van der Waals surface area contributed by atoms with Crippen LogP contribution in [-0.2, 0) is 33.1 Å². The van der Waals surface area contributed by atoms with E-state index in [1.54, 1.807) is 0 Å². The normalized spacial score (nSPS) is 14.8. The molecule has 0 atom stereocenters. The number of rotatable bonds is 6. The average Bonchev–Trinajstić information content (AvgIpc) is 2.97. The first-order valence-electron chi connectivity index (χ1n) is 8.70. The van der Waals surface area contributed by atoms with Gasteiger partial charge in [-0.15, -0.1) is 0 Å². The summed E-state index contributed by atoms with van der Waals surface area (Å²) in [7, 11) is -11.4. The van der Waals surface area contributed by atoms with Gasteiger partial charge < -0.3 is 4.90 Å². The molecule has 0 radical (unpaired) electrons. The summed E-state index contributed by atoms with van der Waals surface area (Å²) in [6, 6.07) is 8.27. The van der Waals surface area contributed by atoms with E-state index in [9.17, 15) is 48.0 Å². The fourth-order valence-electron chi connectivity index (χ4n) is 2.95. The minimum absolute atomic E-state index is 0.0712. The molecule has 1 heterocycles. The third-order valence-electron chi connectivity index (χ3n) is 4.45. The van der Waals surface area contributed by atoms with Crippen LogP contribution in [-0.4, -0.2) is 38.7 Å². The van der Waals surface area contributed by atoms with Crippen LogP contribution in [0.5, 0.6) is 0 Å². The lowest BCUT2D eigenvalue weighted by atomic mass is 10.1. The summed E-state index contributed by atoms with van der Waals surface area (Å²) in [6.07, 6.45) is 0. The van der Waals surface area contributed by atoms with Gasteiger partial charge in [0.15, 0.2) is 0 Å². The molecule has 0 saturated heterocycles. The van der Waals surface area contributed by atoms with Crippen LogP contribution >= 0.6 is 0 Å². The van der Waals surface area contributed by atoms with E-state index in [1.165, 1.54) is 38.6 Å². The highest BCUT2D eigenvalue weighted by Gasteiger charge is 2.47. The molecule has 1 amide bonds. The summed E-state index contributed by atoms with van der Waals surface area (Å²) in [4.78, 5) is 13.9. The molecule has 2 N–H and O–H groups in total. The molecule has 33 heavy (non-hydrogen) atoms. The summed E-state index contributed by atoms with van der Waals surface area (Å²) in [5.74, 6) is -0.771. The molecule has 16 heteroatoms. The third kappa shape index (κ3) is 5.00. The van der Waals surface area contributed by atoms with E-state index in [4.69, 9.17) is 0 Å². The second kappa shape index (κ2) is 8.09. The number of halogens is 6. The number of nitrogens with zero attached hydrogens (tertiary/aromatic N) is 1. The van der Waals surface area contributed by atoms with Crippen LogP contribution in [0.1, 0.15) is 21.5 Å². The van der Waals surface area contributed by atoms with Crippen LogP contribution in [0.4, 0.5) is 37.7 Å². The van der Waals surface area contributed by atoms with E-state index in [1.807, 2.05) is 0 Å². The van der Waals surface area contributed by atoms with Crippen LogP contribution in [0, 0.1) is 0 Å². The van der Waals surface area contributed by atoms with Gasteiger partial charge in [-0.05, 0) is 29.3 Å². The van der Waals surface area contributed by atoms with Gasteiger partial charge in [0.25, 0.3) is 5.91 Å². The lowest BCUT2D eigenvalue weighted by Gasteiger charge is -2.17. The van der Waals surface area contributed by atoms with E-state index < -0.39 is 42.7 Å². The first-order valence-corrected chi connectivity index (χ1v) is 11.7. The lowest BCUT2D eigenvalue weighted by molar-refractivity contribution is -0.0435. The van der Waals surface area contributed by atoms with Crippen molar-refractivity contribution in [3.8, 4) is 0 Å². The van der Waals surface area contributed by atoms with Crippen molar-refractivity contribution in [3.63, 3.8) is 0 Å². The van der Waals surface area contributed by atoms with E-state index >= 15 is 0 Å². The molecule has 1 aliphatic heterocycles. The van der Waals surface area contributed by atoms with Gasteiger partial charge in [0.1, 0.15) is 0 Å². The van der Waals surface area contributed by atoms with Crippen LogP contribution in [0.3, 0.4) is 0 Å². The summed E-state index contributed by atoms with van der Waals surface area (Å²) >= 11 is 0. The topological polar surface area (TPSA) is 113 Å². The summed E-state index contributed by atoms with van der Waals surface area (Å²) in [5.41, 5.74) is -11.7. The van der Waals surface area contributed by atoms with Crippen molar-refractivity contribution >= 4 is 37.3 Å². The van der Waals surface area contributed by atoms with Crippen molar-refractivity contribution in [1.82, 2.24) is 4.90 Å². The van der Waals surface area contributed by atoms with Crippen molar-refractivity contribution < 1.29 is 48.0 Å². The first kappa shape index (κ1) is 24.6. The zero-order valence-electron chi connectivity index (χ0n) is 16.0. The predicted molar refractivity (Wildman–Crippen MR) is 104 cm³/mol. The number of hydrogen-bond acceptors (Lipinski definition) is 5. The Balaban J connectivity index is 1.77. The molecule has 0 aliphatic carbocycles. The molecule has 1 aliphatic rings. The molecular formula is C17H13F6N3O5S2. The zero-order valence-corrected chi connectivity index (χ0v) is 17.7. The highest BCUT2D eigenvalue weighted by Crippen LogP contribution is 2.33. The highest BCUT2D eigenvalue weighted by atomic mass is 32.2. The SMILES string of the molecule is O=C1c2c(cccc2NS(=O)(=O)C(F)(F)F)CN1Cc1ccc(NS(=O)(=O)C(F)(F)F)cc1. The predicted octanol–water partition coefficient (Wildman–Crippen LogP) is 3.37. The molecule has 0 saturated carbocycles. The standard InChI is InChI=1S/C17H13F6N3O5S2/c18-16(19,20)32(28,29)24-12-6-4-10(5-7-12)8-26-9-11-2-1-3-13(14(11)15(26)27)25-33(30,31)17(21,22)23/h1-7,24-25H,8-9H2. The summed E-state index contributed by atoms with van der Waals surface area (Å²) < 4.78 is 123. The number of alkyl halides is 6. The Morgan fingerprint density at radius 2 is 1.36 bits per heavy atom. The summed E-state index contributed by atoms with van der Waals surface area (Å²) in [6.45, 7) is -0.205. The second-order valence-electron chi connectivity index (χ2n) is 6.80. The van der Waals surface area contributed by atoms with Gasteiger partial charge >= 0.3 is 31.1 Å². The second-order valence-corrected chi connectivity index (χ2v) is 10.1. The number of hydrogen-bond donors (Lipinski definition) is 2. The van der Waals surface area contributed by atoms with E-state index in [0.717, 1.165) is 18.2 Å². The Kier molecular flexibility index (Phi) is 6.04. The van der Waals surface area contributed by atoms with Crippen LogP contribution in [0.25, 0.3) is 0 Å². The van der Waals surface area contributed by atoms with Crippen LogP contribution in [0.2, 0.25) is 0 Å². The molecule has 2 aromatic carbocycles. The first-order chi connectivity index (χ1) is 15.0. The Bertz CT molecular complexity index is 1290. The Labute approximate surface area is 183 Å². The molecule has 8 nitrogen and oxygen atoms in total. The smallest absolute Gasteiger partial charge is 0.330 e. The highest BCUT2D eigenvalue weighted by molar-refractivity contribution is 7.93. The maximum Gasteiger partial charge on any atom is 0.516 e. The molecule has 0 bridgehead atoms. The van der Waals surface area contributed by atoms with Crippen molar-refractivity contribution in [3.05, 3.63) is 59.2 Å². The number of carbonyl (C=O) groups is 1. The molecular weight excluding hydrogens is 504 g/mol. The zero-order chi connectivity index (χ0) is 24.8. The fraction of sp³-hybridized carbons (Fsp3) is 0.235. The molecule has 0 unspecified atom stereocenters. The maximum atomic E-state index is 12.7. The van der Waals surface area contributed by atoms with Crippen molar-refractivity contribution in [2.75, 3.05) is 9.44 Å². The largest absolute Gasteiger partial charge is 0.516 e. The lowest BCUT2D eigenvalue weighted by Crippen LogP contribution is -2.31. The number of benzene rings is 2. The maximum absolute atomic E-state index is 12.7. The van der Waals surface area contributed by atoms with Crippen LogP contribution in [0.15, 0.2) is 42.5 Å². The van der Waals surface area contributed by atoms with Crippen molar-refractivity contribution in [2.24, 2.45) is 0 Å². The third-order valence-corrected chi connectivity index (χ3v) is 6.66. The average molecular weight is 517 g/mol. The molecule has 180 valence electrons. The number of sulfonamides is 2. The Hall–Kier alpha value is -3.01. The van der Waals surface area contributed by atoms with Gasteiger partial charge in [-0.2, -0.15) is 43.2 Å². The van der Waals surface area contributed by atoms with E-state index in [0.29, 0.717) is 5.56 Å². The van der Waals surface area contributed by atoms with Crippen LogP contribution < -0.4 is 9.44 Å². The number of nitrogens with one attached hydrogen (secondary N) is 2. The van der Waals surface area contributed by atoms with Gasteiger partial charge in [0.05, 0.1) is 11.3 Å². The van der Waals surface area contributed by atoms with Gasteiger partial charge in [-0.1, -0.05) is 24.3 Å². The minimum Gasteiger partial charge on any atom is -0.330 e. The fourth-order valence-corrected chi connectivity index (χ4v) is 4.08. The molecule has 3 rings (SSSR count). The summed E-state index contributed by atoms with van der Waals surface area (Å²) in [5, 5.41) is 0. The van der Waals surface area contributed by atoms with Gasteiger partial charge in [-0.3, -0.25) is 14.2 Å². The number of fused-ring (bicyclic) bond motifs is 1. The number of anilines is 2. The quantitative estimate of drug-likeness (QED) is 0.571. The van der Waals surface area contributed by atoms with E-state index in [-0.39, 0.29) is 29.9 Å². The minimum atomic E-state index is -5.76. The molecule has 0 spiro atoms. The van der Waals surface area contributed by atoms with Gasteiger partial charge in [0.2, 0.25) is 0 Å². The van der Waals surface area contributed by atoms with Gasteiger partial charge in [-0.25, -0.2) is 0 Å². The monoisotopic (exact) mass is 517 g/mol. The Morgan fingerprint density at radius 3 is 1.91 bits per heavy atom. The van der Waals surface area contributed by atoms with Crippen molar-refractivity contribution in [1.29, 1.82) is 0 Å².